The molecule has 2 N–H and O–H groups in total. The Labute approximate surface area is 113 Å². The molecule has 104 valence electrons. The van der Waals surface area contributed by atoms with Crippen LogP contribution in [0.4, 0.5) is 4.39 Å². The Kier molecular flexibility index (Phi) is 4.53. The van der Waals surface area contributed by atoms with Gasteiger partial charge in [0.2, 0.25) is 5.91 Å². The van der Waals surface area contributed by atoms with Gasteiger partial charge in [-0.05, 0) is 39.3 Å². The third-order valence-electron chi connectivity index (χ3n) is 3.72. The van der Waals surface area contributed by atoms with Crippen molar-refractivity contribution in [1.29, 1.82) is 0 Å². The Morgan fingerprint density at radius 3 is 2.89 bits per heavy atom. The molecule has 2 rings (SSSR count). The van der Waals surface area contributed by atoms with Crippen LogP contribution in [0.5, 0.6) is 0 Å². The molecular weight excluding hydrogens is 243 g/mol. The number of hydrogen-bond acceptors (Lipinski definition) is 2. The lowest BCUT2D eigenvalue weighted by molar-refractivity contribution is -0.126. The van der Waals surface area contributed by atoms with Gasteiger partial charge in [0, 0.05) is 17.5 Å². The minimum Gasteiger partial charge on any atom is -0.349 e. The summed E-state index contributed by atoms with van der Waals surface area (Å²) in [6.07, 6.45) is 1.69. The van der Waals surface area contributed by atoms with E-state index in [0.29, 0.717) is 11.6 Å². The van der Waals surface area contributed by atoms with Crippen LogP contribution in [0, 0.1) is 11.7 Å². The van der Waals surface area contributed by atoms with E-state index in [1.54, 1.807) is 18.2 Å². The fraction of sp³-hybridized carbons (Fsp3) is 0.533. The Morgan fingerprint density at radius 1 is 1.47 bits per heavy atom. The molecule has 1 heterocycles. The standard InChI is InChI=1S/C15H21FN2O/c1-10-9-12(7-8-17-10)15(19)18-11(2)13-5-3-4-6-14(13)16/h3-6,10-12,17H,7-9H2,1-2H3,(H,18,19)/t10?,11-,12?/m1/s1. The summed E-state index contributed by atoms with van der Waals surface area (Å²) in [7, 11) is 0. The van der Waals surface area contributed by atoms with Crippen LogP contribution in [0.1, 0.15) is 38.3 Å². The largest absolute Gasteiger partial charge is 0.349 e. The molecule has 4 heteroatoms. The van der Waals surface area contributed by atoms with E-state index in [0.717, 1.165) is 19.4 Å². The van der Waals surface area contributed by atoms with Crippen molar-refractivity contribution in [3.8, 4) is 0 Å². The van der Waals surface area contributed by atoms with E-state index in [2.05, 4.69) is 17.6 Å². The maximum absolute atomic E-state index is 13.6. The van der Waals surface area contributed by atoms with Gasteiger partial charge >= 0.3 is 0 Å². The molecule has 1 aromatic carbocycles. The quantitative estimate of drug-likeness (QED) is 0.880. The van der Waals surface area contributed by atoms with Gasteiger partial charge in [-0.2, -0.15) is 0 Å². The van der Waals surface area contributed by atoms with Crippen molar-refractivity contribution < 1.29 is 9.18 Å². The predicted molar refractivity (Wildman–Crippen MR) is 73.1 cm³/mol. The number of benzene rings is 1. The van der Waals surface area contributed by atoms with Gasteiger partial charge in [-0.3, -0.25) is 4.79 Å². The van der Waals surface area contributed by atoms with E-state index in [4.69, 9.17) is 0 Å². The molecule has 0 bridgehead atoms. The van der Waals surface area contributed by atoms with Gasteiger partial charge in [-0.1, -0.05) is 18.2 Å². The number of halogens is 1. The highest BCUT2D eigenvalue weighted by Crippen LogP contribution is 2.20. The van der Waals surface area contributed by atoms with Crippen molar-refractivity contribution in [1.82, 2.24) is 10.6 Å². The van der Waals surface area contributed by atoms with Gasteiger partial charge in [-0.15, -0.1) is 0 Å². The van der Waals surface area contributed by atoms with Crippen molar-refractivity contribution >= 4 is 5.91 Å². The van der Waals surface area contributed by atoms with Crippen molar-refractivity contribution in [3.05, 3.63) is 35.6 Å². The van der Waals surface area contributed by atoms with Crippen molar-refractivity contribution in [2.75, 3.05) is 6.54 Å². The first kappa shape index (κ1) is 14.0. The lowest BCUT2D eigenvalue weighted by Crippen LogP contribution is -2.43. The molecule has 0 aromatic heterocycles. The minimum absolute atomic E-state index is 0.0316. The molecule has 3 nitrogen and oxygen atoms in total. The normalized spacial score (nSPS) is 24.8. The summed E-state index contributed by atoms with van der Waals surface area (Å²) in [5, 5.41) is 6.24. The number of rotatable bonds is 3. The van der Waals surface area contributed by atoms with E-state index in [-0.39, 0.29) is 23.7 Å². The lowest BCUT2D eigenvalue weighted by Gasteiger charge is -2.28. The number of piperidine rings is 1. The molecule has 2 unspecified atom stereocenters. The molecule has 1 saturated heterocycles. The van der Waals surface area contributed by atoms with Gasteiger partial charge in [0.05, 0.1) is 6.04 Å². The van der Waals surface area contributed by atoms with Crippen LogP contribution in [-0.4, -0.2) is 18.5 Å². The van der Waals surface area contributed by atoms with E-state index >= 15 is 0 Å². The van der Waals surface area contributed by atoms with Gasteiger partial charge in [0.25, 0.3) is 0 Å². The lowest BCUT2D eigenvalue weighted by atomic mass is 9.92. The van der Waals surface area contributed by atoms with Gasteiger partial charge < -0.3 is 10.6 Å². The first-order valence-electron chi connectivity index (χ1n) is 6.86. The summed E-state index contributed by atoms with van der Waals surface area (Å²) in [5.74, 6) is -0.205. The number of carbonyl (C=O) groups is 1. The maximum atomic E-state index is 13.6. The zero-order valence-corrected chi connectivity index (χ0v) is 11.4. The summed E-state index contributed by atoms with van der Waals surface area (Å²) in [5.41, 5.74) is 0.540. The van der Waals surface area contributed by atoms with Crippen LogP contribution < -0.4 is 10.6 Å². The Hall–Kier alpha value is -1.42. The van der Waals surface area contributed by atoms with Crippen molar-refractivity contribution in [2.45, 2.75) is 38.8 Å². The summed E-state index contributed by atoms with van der Waals surface area (Å²) in [6, 6.07) is 6.65. The average Bonchev–Trinajstić information content (AvgIpc) is 2.39. The molecule has 1 aromatic rings. The second kappa shape index (κ2) is 6.15. The van der Waals surface area contributed by atoms with Crippen LogP contribution in [0.15, 0.2) is 24.3 Å². The third kappa shape index (κ3) is 3.53. The Balaban J connectivity index is 1.97. The van der Waals surface area contributed by atoms with Crippen LogP contribution in [0.3, 0.4) is 0 Å². The zero-order chi connectivity index (χ0) is 13.8. The number of carbonyl (C=O) groups excluding carboxylic acids is 1. The average molecular weight is 264 g/mol. The molecule has 0 spiro atoms. The van der Waals surface area contributed by atoms with Gasteiger partial charge in [0.15, 0.2) is 0 Å². The fourth-order valence-electron chi connectivity index (χ4n) is 2.61. The molecule has 0 saturated carbocycles. The van der Waals surface area contributed by atoms with E-state index in [9.17, 15) is 9.18 Å². The summed E-state index contributed by atoms with van der Waals surface area (Å²) < 4.78 is 13.6. The molecule has 1 aliphatic rings. The highest BCUT2D eigenvalue weighted by molar-refractivity contribution is 5.79. The second-order valence-electron chi connectivity index (χ2n) is 5.33. The monoisotopic (exact) mass is 264 g/mol. The van der Waals surface area contributed by atoms with E-state index in [1.807, 2.05) is 6.92 Å². The van der Waals surface area contributed by atoms with Crippen LogP contribution in [0.25, 0.3) is 0 Å². The predicted octanol–water partition coefficient (Wildman–Crippen LogP) is 2.39. The van der Waals surface area contributed by atoms with E-state index < -0.39 is 0 Å². The minimum atomic E-state index is -0.293. The van der Waals surface area contributed by atoms with Crippen molar-refractivity contribution in [2.24, 2.45) is 5.92 Å². The summed E-state index contributed by atoms with van der Waals surface area (Å²) in [6.45, 7) is 4.77. The highest BCUT2D eigenvalue weighted by Gasteiger charge is 2.26. The van der Waals surface area contributed by atoms with Gasteiger partial charge in [0.1, 0.15) is 5.82 Å². The van der Waals surface area contributed by atoms with Gasteiger partial charge in [-0.25, -0.2) is 4.39 Å². The Bertz CT molecular complexity index is 450. The molecule has 1 fully saturated rings. The van der Waals surface area contributed by atoms with Crippen LogP contribution in [0.2, 0.25) is 0 Å². The molecule has 1 amide bonds. The third-order valence-corrected chi connectivity index (χ3v) is 3.72. The molecule has 3 atom stereocenters. The SMILES string of the molecule is CC1CC(C(=O)N[C@H](C)c2ccccc2F)CCN1. The summed E-state index contributed by atoms with van der Waals surface area (Å²) >= 11 is 0. The molecule has 0 aliphatic carbocycles. The van der Waals surface area contributed by atoms with Crippen molar-refractivity contribution in [3.63, 3.8) is 0 Å². The molecular formula is C15H21FN2O. The number of hydrogen-bond donors (Lipinski definition) is 2. The highest BCUT2D eigenvalue weighted by atomic mass is 19.1. The summed E-state index contributed by atoms with van der Waals surface area (Å²) in [4.78, 5) is 12.2. The fourth-order valence-corrected chi connectivity index (χ4v) is 2.61. The maximum Gasteiger partial charge on any atom is 0.223 e. The zero-order valence-electron chi connectivity index (χ0n) is 11.4. The number of amides is 1. The second-order valence-corrected chi connectivity index (χ2v) is 5.33. The van der Waals surface area contributed by atoms with Crippen LogP contribution >= 0.6 is 0 Å². The Morgan fingerprint density at radius 2 is 2.21 bits per heavy atom. The smallest absolute Gasteiger partial charge is 0.223 e. The topological polar surface area (TPSA) is 41.1 Å². The molecule has 19 heavy (non-hydrogen) atoms. The van der Waals surface area contributed by atoms with Crippen LogP contribution in [-0.2, 0) is 4.79 Å². The molecule has 1 aliphatic heterocycles. The molecule has 0 radical (unpaired) electrons. The first-order valence-corrected chi connectivity index (χ1v) is 6.86. The number of nitrogens with one attached hydrogen (secondary N) is 2. The van der Waals surface area contributed by atoms with E-state index in [1.165, 1.54) is 6.07 Å². The first-order chi connectivity index (χ1) is 9.08.